The largest absolute Gasteiger partial charge is 0.303 e. The quantitative estimate of drug-likeness (QED) is 0.672. The zero-order valence-electron chi connectivity index (χ0n) is 6.79. The third-order valence-corrected chi connectivity index (χ3v) is 2.18. The fraction of sp³-hybridized carbons (Fsp3) is 0.300. The van der Waals surface area contributed by atoms with E-state index in [2.05, 4.69) is 17.4 Å². The van der Waals surface area contributed by atoms with Gasteiger partial charge in [0.25, 0.3) is 0 Å². The van der Waals surface area contributed by atoms with Gasteiger partial charge < -0.3 is 5.32 Å². The van der Waals surface area contributed by atoms with Crippen LogP contribution in [0.15, 0.2) is 30.3 Å². The van der Waals surface area contributed by atoms with Gasteiger partial charge in [-0.2, -0.15) is 0 Å². The van der Waals surface area contributed by atoms with Gasteiger partial charge in [-0.1, -0.05) is 30.3 Å². The maximum atomic E-state index is 11.0. The minimum absolute atomic E-state index is 0.249. The number of hydrogen-bond donors (Lipinski definition) is 1. The molecule has 1 aromatic rings. The van der Waals surface area contributed by atoms with E-state index in [9.17, 15) is 4.79 Å². The second-order valence-corrected chi connectivity index (χ2v) is 3.09. The van der Waals surface area contributed by atoms with E-state index in [1.165, 1.54) is 5.56 Å². The number of carbonyl (C=O) groups excluding carboxylic acids is 1. The van der Waals surface area contributed by atoms with Crippen LogP contribution in [-0.2, 0) is 4.79 Å². The highest BCUT2D eigenvalue weighted by molar-refractivity contribution is 5.83. The summed E-state index contributed by atoms with van der Waals surface area (Å²) in [6.45, 7) is 0.527. The van der Waals surface area contributed by atoms with Crippen LogP contribution in [0.2, 0.25) is 0 Å². The van der Waals surface area contributed by atoms with Crippen molar-refractivity contribution in [1.82, 2.24) is 5.32 Å². The summed E-state index contributed by atoms with van der Waals surface area (Å²) in [4.78, 5) is 11.0. The molecule has 0 radical (unpaired) electrons. The van der Waals surface area contributed by atoms with Crippen LogP contribution in [0.25, 0.3) is 0 Å². The molecule has 1 saturated heterocycles. The second kappa shape index (κ2) is 3.07. The van der Waals surface area contributed by atoms with Crippen molar-refractivity contribution in [2.24, 2.45) is 0 Å². The number of carbonyl (C=O) groups is 1. The molecule has 0 saturated carbocycles. The lowest BCUT2D eigenvalue weighted by molar-refractivity contribution is -0.116. The summed E-state index contributed by atoms with van der Waals surface area (Å²) in [6, 6.07) is 10.3. The number of hydrogen-bond acceptors (Lipinski definition) is 2. The number of nitrogens with one attached hydrogen (secondary N) is 1. The molecule has 2 rings (SSSR count). The molecule has 0 spiro atoms. The van der Waals surface area contributed by atoms with Crippen molar-refractivity contribution in [1.29, 1.82) is 0 Å². The van der Waals surface area contributed by atoms with Gasteiger partial charge in [-0.3, -0.25) is 4.79 Å². The monoisotopic (exact) mass is 161 g/mol. The summed E-state index contributed by atoms with van der Waals surface area (Å²) >= 11 is 0. The Hall–Kier alpha value is -1.15. The van der Waals surface area contributed by atoms with Gasteiger partial charge >= 0.3 is 0 Å². The lowest BCUT2D eigenvalue weighted by Crippen LogP contribution is -2.13. The molecule has 1 heterocycles. The average molecular weight is 161 g/mol. The summed E-state index contributed by atoms with van der Waals surface area (Å²) < 4.78 is 0. The molecule has 1 fully saturated rings. The van der Waals surface area contributed by atoms with Crippen molar-refractivity contribution < 1.29 is 4.79 Å². The molecule has 2 nitrogen and oxygen atoms in total. The molecule has 0 unspecified atom stereocenters. The number of rotatable bonds is 1. The van der Waals surface area contributed by atoms with Crippen molar-refractivity contribution in [2.45, 2.75) is 12.5 Å². The highest BCUT2D eigenvalue weighted by Crippen LogP contribution is 2.20. The highest BCUT2D eigenvalue weighted by Gasteiger charge is 2.21. The molecule has 1 aromatic carbocycles. The smallest absolute Gasteiger partial charge is 0.148 e. The lowest BCUT2D eigenvalue weighted by Gasteiger charge is -2.07. The number of Topliss-reactive ketones (excluding diaryl/α,β-unsaturated/α-hetero) is 1. The number of ketones is 1. The van der Waals surface area contributed by atoms with Crippen LogP contribution in [0.5, 0.6) is 0 Å². The van der Waals surface area contributed by atoms with Crippen molar-refractivity contribution in [2.75, 3.05) is 6.54 Å². The topological polar surface area (TPSA) is 29.1 Å². The van der Waals surface area contributed by atoms with Gasteiger partial charge in [-0.15, -0.1) is 0 Å². The van der Waals surface area contributed by atoms with E-state index in [0.29, 0.717) is 18.7 Å². The van der Waals surface area contributed by atoms with Gasteiger partial charge in [-0.05, 0) is 5.56 Å². The first-order valence-corrected chi connectivity index (χ1v) is 4.16. The van der Waals surface area contributed by atoms with E-state index in [-0.39, 0.29) is 6.04 Å². The third kappa shape index (κ3) is 1.38. The Balaban J connectivity index is 2.16. The Morgan fingerprint density at radius 3 is 2.58 bits per heavy atom. The fourth-order valence-corrected chi connectivity index (χ4v) is 1.53. The van der Waals surface area contributed by atoms with E-state index in [1.54, 1.807) is 0 Å². The van der Waals surface area contributed by atoms with E-state index in [4.69, 9.17) is 0 Å². The Bertz CT molecular complexity index is 281. The summed E-state index contributed by atoms with van der Waals surface area (Å²) in [5.74, 6) is 0.309. The molecule has 0 aromatic heterocycles. The van der Waals surface area contributed by atoms with E-state index in [0.717, 1.165) is 0 Å². The molecule has 0 amide bonds. The Labute approximate surface area is 71.6 Å². The summed E-state index contributed by atoms with van der Waals surface area (Å²) in [6.07, 6.45) is 0.643. The summed E-state index contributed by atoms with van der Waals surface area (Å²) in [5.41, 5.74) is 1.21. The Kier molecular flexibility index (Phi) is 1.92. The highest BCUT2D eigenvalue weighted by atomic mass is 16.1. The molecule has 2 heteroatoms. The molecular formula is C10H11NO. The molecule has 1 aliphatic rings. The first-order chi connectivity index (χ1) is 5.86. The van der Waals surface area contributed by atoms with Gasteiger partial charge in [0.05, 0.1) is 6.54 Å². The maximum absolute atomic E-state index is 11.0. The van der Waals surface area contributed by atoms with Gasteiger partial charge in [0.1, 0.15) is 5.78 Å². The SMILES string of the molecule is O=C1CN[C@H](c2ccccc2)C1. The first kappa shape index (κ1) is 7.50. The van der Waals surface area contributed by atoms with Crippen molar-refractivity contribution in [3.8, 4) is 0 Å². The fourth-order valence-electron chi connectivity index (χ4n) is 1.53. The zero-order chi connectivity index (χ0) is 8.39. The Morgan fingerprint density at radius 1 is 1.25 bits per heavy atom. The van der Waals surface area contributed by atoms with Gasteiger partial charge in [0.15, 0.2) is 0 Å². The maximum Gasteiger partial charge on any atom is 0.148 e. The number of benzene rings is 1. The molecule has 0 bridgehead atoms. The minimum Gasteiger partial charge on any atom is -0.303 e. The van der Waals surface area contributed by atoms with E-state index >= 15 is 0 Å². The third-order valence-electron chi connectivity index (χ3n) is 2.18. The van der Waals surface area contributed by atoms with Crippen LogP contribution in [-0.4, -0.2) is 12.3 Å². The zero-order valence-corrected chi connectivity index (χ0v) is 6.79. The van der Waals surface area contributed by atoms with E-state index < -0.39 is 0 Å². The summed E-state index contributed by atoms with van der Waals surface area (Å²) in [5, 5.41) is 3.17. The van der Waals surface area contributed by atoms with Crippen LogP contribution >= 0.6 is 0 Å². The van der Waals surface area contributed by atoms with Gasteiger partial charge in [0.2, 0.25) is 0 Å². The van der Waals surface area contributed by atoms with Crippen LogP contribution in [0.3, 0.4) is 0 Å². The van der Waals surface area contributed by atoms with Gasteiger partial charge in [0, 0.05) is 12.5 Å². The van der Waals surface area contributed by atoms with Gasteiger partial charge in [-0.25, -0.2) is 0 Å². The lowest BCUT2D eigenvalue weighted by atomic mass is 10.1. The summed E-state index contributed by atoms with van der Waals surface area (Å²) in [7, 11) is 0. The molecule has 62 valence electrons. The Morgan fingerprint density at radius 2 is 2.00 bits per heavy atom. The average Bonchev–Trinajstić information content (AvgIpc) is 2.54. The van der Waals surface area contributed by atoms with Crippen LogP contribution < -0.4 is 5.32 Å². The van der Waals surface area contributed by atoms with Crippen LogP contribution in [0.1, 0.15) is 18.0 Å². The molecule has 0 aliphatic carbocycles. The first-order valence-electron chi connectivity index (χ1n) is 4.16. The molecule has 1 atom stereocenters. The second-order valence-electron chi connectivity index (χ2n) is 3.09. The molecule has 1 aliphatic heterocycles. The van der Waals surface area contributed by atoms with Crippen molar-refractivity contribution in [3.05, 3.63) is 35.9 Å². The van der Waals surface area contributed by atoms with Crippen LogP contribution in [0.4, 0.5) is 0 Å². The van der Waals surface area contributed by atoms with Crippen molar-refractivity contribution >= 4 is 5.78 Å². The molecular weight excluding hydrogens is 150 g/mol. The normalized spacial score (nSPS) is 23.0. The van der Waals surface area contributed by atoms with Crippen molar-refractivity contribution in [3.63, 3.8) is 0 Å². The molecule has 1 N–H and O–H groups in total. The predicted molar refractivity (Wildman–Crippen MR) is 46.8 cm³/mol. The minimum atomic E-state index is 0.249. The predicted octanol–water partition coefficient (Wildman–Crippen LogP) is 1.29. The van der Waals surface area contributed by atoms with Crippen LogP contribution in [0, 0.1) is 0 Å². The molecule has 12 heavy (non-hydrogen) atoms. The van der Waals surface area contributed by atoms with E-state index in [1.807, 2.05) is 18.2 Å². The standard InChI is InChI=1S/C10H11NO/c12-9-6-10(11-7-9)8-4-2-1-3-5-8/h1-5,10-11H,6-7H2/t10-/m0/s1.